The number of methoxy groups -OCH3 is 1. The van der Waals surface area contributed by atoms with E-state index in [2.05, 4.69) is 5.32 Å². The molecular weight excluding hydrogens is 388 g/mol. The van der Waals surface area contributed by atoms with Gasteiger partial charge in [0.05, 0.1) is 23.3 Å². The number of halogens is 1. The third kappa shape index (κ3) is 3.92. The largest absolute Gasteiger partial charge is 0.496 e. The number of pyridine rings is 1. The Labute approximate surface area is 174 Å². The highest BCUT2D eigenvalue weighted by molar-refractivity contribution is 6.35. The van der Waals surface area contributed by atoms with E-state index in [1.54, 1.807) is 7.11 Å². The molecule has 0 aliphatic carbocycles. The van der Waals surface area contributed by atoms with Crippen molar-refractivity contribution in [3.8, 4) is 17.0 Å². The van der Waals surface area contributed by atoms with Gasteiger partial charge in [0.25, 0.3) is 5.91 Å². The van der Waals surface area contributed by atoms with Gasteiger partial charge in [-0.1, -0.05) is 17.7 Å². The Hall–Kier alpha value is -2.67. The topological polar surface area (TPSA) is 80.5 Å². The lowest BCUT2D eigenvalue weighted by Gasteiger charge is -2.27. The molecule has 1 aliphatic heterocycles. The average molecular weight is 411 g/mol. The number of rotatable bonds is 4. The Morgan fingerprint density at radius 3 is 2.72 bits per heavy atom. The van der Waals surface area contributed by atoms with Crippen molar-refractivity contribution in [1.82, 2.24) is 15.2 Å². The maximum absolute atomic E-state index is 12.8. The third-order valence-electron chi connectivity index (χ3n) is 5.21. The van der Waals surface area contributed by atoms with Crippen LogP contribution in [0.3, 0.4) is 0 Å². The maximum Gasteiger partial charge on any atom is 0.254 e. The summed E-state index contributed by atoms with van der Waals surface area (Å²) < 4.78 is 5.35. The molecule has 0 bridgehead atoms. The molecule has 0 atom stereocenters. The van der Waals surface area contributed by atoms with E-state index in [1.807, 2.05) is 47.4 Å². The van der Waals surface area contributed by atoms with Gasteiger partial charge in [-0.3, -0.25) is 4.79 Å². The van der Waals surface area contributed by atoms with Crippen LogP contribution in [0.15, 0.2) is 42.5 Å². The molecular formula is C22H23ClN4O2. The molecule has 1 aliphatic rings. The van der Waals surface area contributed by atoms with Gasteiger partial charge >= 0.3 is 0 Å². The van der Waals surface area contributed by atoms with Crippen LogP contribution in [0.5, 0.6) is 5.75 Å². The van der Waals surface area contributed by atoms with Gasteiger partial charge in [0.1, 0.15) is 5.75 Å². The number of fused-ring (bicyclic) bond motifs is 1. The van der Waals surface area contributed by atoms with Crippen molar-refractivity contribution in [2.45, 2.75) is 6.54 Å². The lowest BCUT2D eigenvalue weighted by atomic mass is 10.0. The number of aromatic nitrogens is 1. The van der Waals surface area contributed by atoms with Crippen LogP contribution in [0.4, 0.5) is 0 Å². The Morgan fingerprint density at radius 1 is 1.21 bits per heavy atom. The minimum Gasteiger partial charge on any atom is -0.496 e. The molecule has 6 nitrogen and oxygen atoms in total. The van der Waals surface area contributed by atoms with Crippen molar-refractivity contribution in [2.24, 2.45) is 5.73 Å². The second kappa shape index (κ2) is 8.37. The Balaban J connectivity index is 1.74. The zero-order valence-electron chi connectivity index (χ0n) is 16.2. The zero-order valence-corrected chi connectivity index (χ0v) is 17.0. The standard InChI is InChI=1S/C22H23ClN4O2/c1-29-21-5-3-14(10-16(21)13-24)19-12-18(23)17-4-2-15(11-20(17)26-19)22(28)27-8-6-25-7-9-27/h2-5,10-12,25H,6-9,13,24H2,1H3. The van der Waals surface area contributed by atoms with Gasteiger partial charge in [0, 0.05) is 54.8 Å². The number of carbonyl (C=O) groups is 1. The molecule has 0 radical (unpaired) electrons. The fourth-order valence-corrected chi connectivity index (χ4v) is 3.88. The van der Waals surface area contributed by atoms with Crippen molar-refractivity contribution in [1.29, 1.82) is 0 Å². The van der Waals surface area contributed by atoms with Gasteiger partial charge < -0.3 is 20.7 Å². The molecule has 3 N–H and O–H groups in total. The first kappa shape index (κ1) is 19.6. The van der Waals surface area contributed by atoms with Crippen LogP contribution in [0.1, 0.15) is 15.9 Å². The number of ether oxygens (including phenoxy) is 1. The summed E-state index contributed by atoms with van der Waals surface area (Å²) in [5.41, 5.74) is 9.68. The molecule has 2 heterocycles. The van der Waals surface area contributed by atoms with Crippen molar-refractivity contribution < 1.29 is 9.53 Å². The summed E-state index contributed by atoms with van der Waals surface area (Å²) in [6.07, 6.45) is 0. The molecule has 4 rings (SSSR count). The van der Waals surface area contributed by atoms with Crippen LogP contribution in [-0.2, 0) is 6.54 Å². The van der Waals surface area contributed by atoms with Crippen LogP contribution in [0.2, 0.25) is 5.02 Å². The molecule has 0 spiro atoms. The van der Waals surface area contributed by atoms with Crippen LogP contribution in [0.25, 0.3) is 22.2 Å². The minimum absolute atomic E-state index is 0.0200. The molecule has 1 fully saturated rings. The summed E-state index contributed by atoms with van der Waals surface area (Å²) in [5, 5.41) is 4.67. The highest BCUT2D eigenvalue weighted by atomic mass is 35.5. The number of amides is 1. The lowest BCUT2D eigenvalue weighted by molar-refractivity contribution is 0.0736. The highest BCUT2D eigenvalue weighted by Crippen LogP contribution is 2.31. The third-order valence-corrected chi connectivity index (χ3v) is 5.52. The first-order valence-electron chi connectivity index (χ1n) is 9.58. The summed E-state index contributed by atoms with van der Waals surface area (Å²) in [5.74, 6) is 0.763. The fourth-order valence-electron chi connectivity index (χ4n) is 3.61. The summed E-state index contributed by atoms with van der Waals surface area (Å²) in [4.78, 5) is 19.5. The smallest absolute Gasteiger partial charge is 0.254 e. The molecule has 3 aromatic rings. The van der Waals surface area contributed by atoms with Crippen molar-refractivity contribution in [3.63, 3.8) is 0 Å². The number of nitrogens with zero attached hydrogens (tertiary/aromatic N) is 2. The van der Waals surface area contributed by atoms with Gasteiger partial charge in [-0.15, -0.1) is 0 Å². The maximum atomic E-state index is 12.8. The molecule has 29 heavy (non-hydrogen) atoms. The summed E-state index contributed by atoms with van der Waals surface area (Å²) in [6, 6.07) is 13.1. The van der Waals surface area contributed by atoms with E-state index in [4.69, 9.17) is 27.1 Å². The molecule has 1 aromatic heterocycles. The highest BCUT2D eigenvalue weighted by Gasteiger charge is 2.19. The fraction of sp³-hybridized carbons (Fsp3) is 0.273. The Bertz CT molecular complexity index is 1060. The molecule has 1 amide bonds. The lowest BCUT2D eigenvalue weighted by Crippen LogP contribution is -2.46. The van der Waals surface area contributed by atoms with Gasteiger partial charge in [-0.2, -0.15) is 0 Å². The summed E-state index contributed by atoms with van der Waals surface area (Å²) in [7, 11) is 1.62. The number of piperazine rings is 1. The molecule has 150 valence electrons. The van der Waals surface area contributed by atoms with Crippen molar-refractivity contribution in [2.75, 3.05) is 33.3 Å². The van der Waals surface area contributed by atoms with Crippen molar-refractivity contribution in [3.05, 3.63) is 58.6 Å². The predicted octanol–water partition coefficient (Wildman–Crippen LogP) is 3.07. The summed E-state index contributed by atoms with van der Waals surface area (Å²) in [6.45, 7) is 3.41. The number of hydrogen-bond donors (Lipinski definition) is 2. The first-order chi connectivity index (χ1) is 14.1. The number of nitrogens with one attached hydrogen (secondary N) is 1. The Kier molecular flexibility index (Phi) is 5.67. The zero-order chi connectivity index (χ0) is 20.4. The summed E-state index contributed by atoms with van der Waals surface area (Å²) >= 11 is 6.53. The second-order valence-corrected chi connectivity index (χ2v) is 7.40. The quantitative estimate of drug-likeness (QED) is 0.691. The minimum atomic E-state index is 0.0200. The van der Waals surface area contributed by atoms with Crippen LogP contribution in [0, 0.1) is 0 Å². The van der Waals surface area contributed by atoms with E-state index in [0.29, 0.717) is 35.7 Å². The number of nitrogens with two attached hydrogens (primary N) is 1. The first-order valence-corrected chi connectivity index (χ1v) is 9.96. The molecule has 0 unspecified atom stereocenters. The number of hydrogen-bond acceptors (Lipinski definition) is 5. The van der Waals surface area contributed by atoms with E-state index in [1.165, 1.54) is 0 Å². The molecule has 1 saturated heterocycles. The predicted molar refractivity (Wildman–Crippen MR) is 115 cm³/mol. The van der Waals surface area contributed by atoms with Crippen molar-refractivity contribution >= 4 is 28.4 Å². The van der Waals surface area contributed by atoms with Gasteiger partial charge in [-0.05, 0) is 36.4 Å². The number of carbonyl (C=O) groups excluding carboxylic acids is 1. The van der Waals surface area contributed by atoms with Crippen LogP contribution in [-0.4, -0.2) is 49.1 Å². The van der Waals surface area contributed by atoms with E-state index < -0.39 is 0 Å². The second-order valence-electron chi connectivity index (χ2n) is 6.99. The number of benzene rings is 2. The van der Waals surface area contributed by atoms with Crippen LogP contribution >= 0.6 is 11.6 Å². The van der Waals surface area contributed by atoms with E-state index >= 15 is 0 Å². The molecule has 2 aromatic carbocycles. The molecule has 0 saturated carbocycles. The van der Waals surface area contributed by atoms with E-state index in [0.717, 1.165) is 41.0 Å². The normalized spacial score (nSPS) is 14.2. The van der Waals surface area contributed by atoms with Gasteiger partial charge in [-0.25, -0.2) is 4.98 Å². The van der Waals surface area contributed by atoms with Gasteiger partial charge in [0.15, 0.2) is 0 Å². The van der Waals surface area contributed by atoms with Gasteiger partial charge in [0.2, 0.25) is 0 Å². The average Bonchev–Trinajstić information content (AvgIpc) is 2.78. The SMILES string of the molecule is COc1ccc(-c2cc(Cl)c3ccc(C(=O)N4CCNCC4)cc3n2)cc1CN. The Morgan fingerprint density at radius 2 is 2.00 bits per heavy atom. The monoisotopic (exact) mass is 410 g/mol. The van der Waals surface area contributed by atoms with Crippen LogP contribution < -0.4 is 15.8 Å². The van der Waals surface area contributed by atoms with E-state index in [9.17, 15) is 4.79 Å². The van der Waals surface area contributed by atoms with E-state index in [-0.39, 0.29) is 5.91 Å². The molecule has 7 heteroatoms.